The molecule has 32 heavy (non-hydrogen) atoms. The van der Waals surface area contributed by atoms with Gasteiger partial charge < -0.3 is 4.74 Å². The van der Waals surface area contributed by atoms with Gasteiger partial charge in [-0.1, -0.05) is 36.4 Å². The predicted molar refractivity (Wildman–Crippen MR) is 123 cm³/mol. The Morgan fingerprint density at radius 2 is 1.66 bits per heavy atom. The lowest BCUT2D eigenvalue weighted by Crippen LogP contribution is -2.35. The van der Waals surface area contributed by atoms with Crippen molar-refractivity contribution in [3.05, 3.63) is 72.4 Å². The molecule has 5 rings (SSSR count). The SMILES string of the molecule is CS(=O)(=O)c1ccc(-c2cccn3nc(-c4ccccc4CN4CCOCC4)nc23)cc1. The molecule has 1 aliphatic heterocycles. The fourth-order valence-corrected chi connectivity index (χ4v) is 4.63. The number of rotatable bonds is 5. The lowest BCUT2D eigenvalue weighted by molar-refractivity contribution is 0.0342. The third-order valence-electron chi connectivity index (χ3n) is 5.71. The van der Waals surface area contributed by atoms with Gasteiger partial charge in [-0.15, -0.1) is 5.10 Å². The first-order valence-corrected chi connectivity index (χ1v) is 12.4. The molecule has 1 aliphatic rings. The molecule has 0 spiro atoms. The maximum Gasteiger partial charge on any atom is 0.182 e. The van der Waals surface area contributed by atoms with Crippen LogP contribution in [0.1, 0.15) is 5.56 Å². The van der Waals surface area contributed by atoms with Crippen molar-refractivity contribution >= 4 is 15.5 Å². The van der Waals surface area contributed by atoms with E-state index in [2.05, 4.69) is 17.0 Å². The third-order valence-corrected chi connectivity index (χ3v) is 6.84. The highest BCUT2D eigenvalue weighted by Gasteiger charge is 2.17. The second-order valence-corrected chi connectivity index (χ2v) is 9.98. The zero-order chi connectivity index (χ0) is 22.1. The van der Waals surface area contributed by atoms with E-state index in [4.69, 9.17) is 14.8 Å². The van der Waals surface area contributed by atoms with Gasteiger partial charge in [0.2, 0.25) is 0 Å². The van der Waals surface area contributed by atoms with Gasteiger partial charge in [0.05, 0.1) is 18.1 Å². The maximum atomic E-state index is 11.8. The van der Waals surface area contributed by atoms with Crippen molar-refractivity contribution in [1.29, 1.82) is 0 Å². The molecule has 2 aromatic carbocycles. The topological polar surface area (TPSA) is 76.8 Å². The Morgan fingerprint density at radius 1 is 0.938 bits per heavy atom. The van der Waals surface area contributed by atoms with E-state index in [1.807, 2.05) is 42.6 Å². The molecule has 0 atom stereocenters. The molecular weight excluding hydrogens is 424 g/mol. The second kappa shape index (κ2) is 8.46. The van der Waals surface area contributed by atoms with Gasteiger partial charge in [-0.05, 0) is 35.4 Å². The third kappa shape index (κ3) is 4.17. The minimum atomic E-state index is -3.24. The van der Waals surface area contributed by atoms with Gasteiger partial charge in [0.1, 0.15) is 0 Å². The van der Waals surface area contributed by atoms with Gasteiger partial charge in [0.15, 0.2) is 21.3 Å². The van der Waals surface area contributed by atoms with Crippen LogP contribution in [0, 0.1) is 0 Å². The summed E-state index contributed by atoms with van der Waals surface area (Å²) in [5, 5.41) is 4.75. The van der Waals surface area contributed by atoms with Gasteiger partial charge in [-0.2, -0.15) is 0 Å². The number of morpholine rings is 1. The van der Waals surface area contributed by atoms with Crippen LogP contribution < -0.4 is 0 Å². The molecular formula is C24H24N4O3S. The molecule has 164 valence electrons. The van der Waals surface area contributed by atoms with Crippen LogP contribution in [-0.4, -0.2) is 60.5 Å². The number of pyridine rings is 1. The number of benzene rings is 2. The van der Waals surface area contributed by atoms with Crippen molar-refractivity contribution < 1.29 is 13.2 Å². The van der Waals surface area contributed by atoms with E-state index in [1.165, 1.54) is 11.8 Å². The highest BCUT2D eigenvalue weighted by Crippen LogP contribution is 2.28. The van der Waals surface area contributed by atoms with Crippen molar-refractivity contribution in [2.24, 2.45) is 0 Å². The molecule has 0 aliphatic carbocycles. The highest BCUT2D eigenvalue weighted by atomic mass is 32.2. The van der Waals surface area contributed by atoms with E-state index >= 15 is 0 Å². The summed E-state index contributed by atoms with van der Waals surface area (Å²) in [5.41, 5.74) is 4.72. The molecule has 0 N–H and O–H groups in total. The van der Waals surface area contributed by atoms with Crippen LogP contribution in [0.25, 0.3) is 28.2 Å². The Balaban J connectivity index is 1.53. The van der Waals surface area contributed by atoms with E-state index in [1.54, 1.807) is 16.6 Å². The van der Waals surface area contributed by atoms with Crippen molar-refractivity contribution in [2.75, 3.05) is 32.6 Å². The smallest absolute Gasteiger partial charge is 0.182 e. The van der Waals surface area contributed by atoms with Gasteiger partial charge in [0, 0.05) is 43.2 Å². The van der Waals surface area contributed by atoms with Crippen molar-refractivity contribution in [2.45, 2.75) is 11.4 Å². The van der Waals surface area contributed by atoms with E-state index in [0.29, 0.717) is 10.7 Å². The number of aromatic nitrogens is 3. The fourth-order valence-electron chi connectivity index (χ4n) is 4.00. The van der Waals surface area contributed by atoms with Crippen LogP contribution >= 0.6 is 0 Å². The molecule has 0 unspecified atom stereocenters. The van der Waals surface area contributed by atoms with Crippen molar-refractivity contribution in [1.82, 2.24) is 19.5 Å². The van der Waals surface area contributed by atoms with E-state index in [0.717, 1.165) is 55.2 Å². The predicted octanol–water partition coefficient (Wildman–Crippen LogP) is 3.30. The van der Waals surface area contributed by atoms with E-state index in [9.17, 15) is 8.42 Å². The molecule has 0 radical (unpaired) electrons. The summed E-state index contributed by atoms with van der Waals surface area (Å²) in [6.45, 7) is 4.18. The molecule has 0 bridgehead atoms. The first kappa shape index (κ1) is 20.8. The summed E-state index contributed by atoms with van der Waals surface area (Å²) in [7, 11) is -3.24. The lowest BCUT2D eigenvalue weighted by Gasteiger charge is -2.27. The summed E-state index contributed by atoms with van der Waals surface area (Å²) < 4.78 is 30.8. The largest absolute Gasteiger partial charge is 0.379 e. The van der Waals surface area contributed by atoms with Crippen molar-refractivity contribution in [3.8, 4) is 22.5 Å². The monoisotopic (exact) mass is 448 g/mol. The number of nitrogens with zero attached hydrogens (tertiary/aromatic N) is 4. The Morgan fingerprint density at radius 3 is 2.41 bits per heavy atom. The molecule has 3 heterocycles. The van der Waals surface area contributed by atoms with Crippen LogP contribution in [0.15, 0.2) is 71.8 Å². The van der Waals surface area contributed by atoms with Crippen LogP contribution in [0.5, 0.6) is 0 Å². The average molecular weight is 449 g/mol. The Bertz CT molecular complexity index is 1360. The Labute approximate surface area is 187 Å². The summed E-state index contributed by atoms with van der Waals surface area (Å²) in [5.74, 6) is 0.675. The number of fused-ring (bicyclic) bond motifs is 1. The quantitative estimate of drug-likeness (QED) is 0.466. The van der Waals surface area contributed by atoms with Gasteiger partial charge in [0.25, 0.3) is 0 Å². The lowest BCUT2D eigenvalue weighted by atomic mass is 10.1. The normalized spacial score (nSPS) is 15.3. The molecule has 4 aromatic rings. The number of ether oxygens (including phenoxy) is 1. The molecule has 2 aromatic heterocycles. The highest BCUT2D eigenvalue weighted by molar-refractivity contribution is 7.90. The van der Waals surface area contributed by atoms with E-state index < -0.39 is 9.84 Å². The number of hydrogen-bond acceptors (Lipinski definition) is 6. The minimum Gasteiger partial charge on any atom is -0.379 e. The number of sulfone groups is 1. The van der Waals surface area contributed by atoms with Crippen LogP contribution in [0.4, 0.5) is 0 Å². The maximum absolute atomic E-state index is 11.8. The minimum absolute atomic E-state index is 0.299. The van der Waals surface area contributed by atoms with E-state index in [-0.39, 0.29) is 0 Å². The Kier molecular flexibility index (Phi) is 5.50. The van der Waals surface area contributed by atoms with Crippen LogP contribution in [0.3, 0.4) is 0 Å². The molecule has 7 nitrogen and oxygen atoms in total. The summed E-state index contributed by atoms with van der Waals surface area (Å²) in [4.78, 5) is 7.55. The standard InChI is InChI=1S/C24H24N4O3S/c1-32(29,30)20-10-8-18(9-11-20)22-7-4-12-28-24(22)25-23(26-28)21-6-3-2-5-19(21)17-27-13-15-31-16-14-27/h2-12H,13-17H2,1H3. The molecule has 0 amide bonds. The fraction of sp³-hybridized carbons (Fsp3) is 0.250. The molecule has 8 heteroatoms. The summed E-state index contributed by atoms with van der Waals surface area (Å²) >= 11 is 0. The van der Waals surface area contributed by atoms with Crippen LogP contribution in [-0.2, 0) is 21.1 Å². The van der Waals surface area contributed by atoms with Gasteiger partial charge in [-0.25, -0.2) is 17.9 Å². The molecule has 1 fully saturated rings. The summed E-state index contributed by atoms with van der Waals surface area (Å²) in [6, 6.07) is 19.0. The molecule has 1 saturated heterocycles. The zero-order valence-corrected chi connectivity index (χ0v) is 18.6. The van der Waals surface area contributed by atoms with Crippen molar-refractivity contribution in [3.63, 3.8) is 0 Å². The average Bonchev–Trinajstić information content (AvgIpc) is 3.24. The van der Waals surface area contributed by atoms with Gasteiger partial charge in [-0.3, -0.25) is 4.90 Å². The first-order valence-electron chi connectivity index (χ1n) is 10.5. The second-order valence-electron chi connectivity index (χ2n) is 7.97. The Hall–Kier alpha value is -3.07. The molecule has 0 saturated carbocycles. The van der Waals surface area contributed by atoms with Gasteiger partial charge >= 0.3 is 0 Å². The summed E-state index contributed by atoms with van der Waals surface area (Å²) in [6.07, 6.45) is 3.09. The zero-order valence-electron chi connectivity index (χ0n) is 17.8. The first-order chi connectivity index (χ1) is 15.5. The number of hydrogen-bond donors (Lipinski definition) is 0. The van der Waals surface area contributed by atoms with Crippen LogP contribution in [0.2, 0.25) is 0 Å².